The third-order valence-electron chi connectivity index (χ3n) is 4.53. The lowest BCUT2D eigenvalue weighted by molar-refractivity contribution is 0.196. The minimum Gasteiger partial charge on any atom is -0.489 e. The number of hydrogen-bond donors (Lipinski definition) is 1. The van der Waals surface area contributed by atoms with E-state index in [2.05, 4.69) is 28.1 Å². The van der Waals surface area contributed by atoms with E-state index in [9.17, 15) is 0 Å². The fraction of sp³-hybridized carbons (Fsp3) is 0.600. The van der Waals surface area contributed by atoms with E-state index in [1.54, 1.807) is 0 Å². The van der Waals surface area contributed by atoms with Crippen molar-refractivity contribution in [3.8, 4) is 11.5 Å². The van der Waals surface area contributed by atoms with Gasteiger partial charge in [-0.3, -0.25) is 0 Å². The van der Waals surface area contributed by atoms with Gasteiger partial charge in [-0.15, -0.1) is 0 Å². The van der Waals surface area contributed by atoms with Crippen molar-refractivity contribution in [1.29, 1.82) is 0 Å². The van der Waals surface area contributed by atoms with Gasteiger partial charge in [-0.05, 0) is 65.7 Å². The molecule has 0 radical (unpaired) electrons. The van der Waals surface area contributed by atoms with Crippen molar-refractivity contribution in [1.82, 2.24) is 0 Å². The molecule has 4 rings (SSSR count). The van der Waals surface area contributed by atoms with Gasteiger partial charge >= 0.3 is 0 Å². The molecule has 2 saturated carbocycles. The Labute approximate surface area is 121 Å². The van der Waals surface area contributed by atoms with Crippen LogP contribution < -0.4 is 15.2 Å². The van der Waals surface area contributed by atoms with Gasteiger partial charge < -0.3 is 15.2 Å². The van der Waals surface area contributed by atoms with Crippen molar-refractivity contribution in [2.45, 2.75) is 37.6 Å². The molecule has 0 atom stereocenters. The molecule has 1 aromatic rings. The van der Waals surface area contributed by atoms with E-state index >= 15 is 0 Å². The van der Waals surface area contributed by atoms with E-state index in [1.807, 2.05) is 0 Å². The molecule has 0 unspecified atom stereocenters. The standard InChI is InChI=1S/C15H18BrNO2/c16-11-5-10(7-15(17)3-4-15)6-12-13(11)19-9-14(1-2-14)8-18-12/h5-6H,1-4,7-9,17H2. The highest BCUT2D eigenvalue weighted by molar-refractivity contribution is 9.10. The molecule has 0 saturated heterocycles. The maximum Gasteiger partial charge on any atom is 0.175 e. The molecule has 2 fully saturated rings. The fourth-order valence-electron chi connectivity index (χ4n) is 2.68. The second kappa shape index (κ2) is 3.89. The van der Waals surface area contributed by atoms with Crippen molar-refractivity contribution in [2.75, 3.05) is 13.2 Å². The van der Waals surface area contributed by atoms with E-state index in [0.29, 0.717) is 0 Å². The third kappa shape index (κ3) is 2.25. The Balaban J connectivity index is 1.63. The summed E-state index contributed by atoms with van der Waals surface area (Å²) in [5, 5.41) is 0. The predicted molar refractivity (Wildman–Crippen MR) is 76.7 cm³/mol. The lowest BCUT2D eigenvalue weighted by Gasteiger charge is -2.14. The zero-order chi connectivity index (χ0) is 13.1. The van der Waals surface area contributed by atoms with Gasteiger partial charge in [0.15, 0.2) is 11.5 Å². The quantitative estimate of drug-likeness (QED) is 0.909. The molecule has 0 aromatic heterocycles. The molecule has 1 heterocycles. The first kappa shape index (κ1) is 12.0. The highest BCUT2D eigenvalue weighted by Crippen LogP contribution is 2.50. The Morgan fingerprint density at radius 2 is 1.84 bits per heavy atom. The Hall–Kier alpha value is -0.740. The molecular formula is C15H18BrNO2. The normalized spacial score (nSPS) is 24.9. The first-order chi connectivity index (χ1) is 9.08. The molecule has 1 aliphatic heterocycles. The van der Waals surface area contributed by atoms with Crippen LogP contribution in [-0.2, 0) is 6.42 Å². The highest BCUT2D eigenvalue weighted by atomic mass is 79.9. The predicted octanol–water partition coefficient (Wildman–Crippen LogP) is 3.03. The number of rotatable bonds is 2. The Morgan fingerprint density at radius 3 is 2.53 bits per heavy atom. The van der Waals surface area contributed by atoms with Crippen molar-refractivity contribution in [3.05, 3.63) is 22.2 Å². The van der Waals surface area contributed by atoms with Crippen LogP contribution in [0.2, 0.25) is 0 Å². The number of benzene rings is 1. The summed E-state index contributed by atoms with van der Waals surface area (Å²) in [4.78, 5) is 0. The highest BCUT2D eigenvalue weighted by Gasteiger charge is 2.46. The number of halogens is 1. The molecule has 1 spiro atoms. The Morgan fingerprint density at radius 1 is 1.11 bits per heavy atom. The van der Waals surface area contributed by atoms with Crippen molar-refractivity contribution < 1.29 is 9.47 Å². The maximum absolute atomic E-state index is 6.20. The van der Waals surface area contributed by atoms with Gasteiger partial charge in [0.25, 0.3) is 0 Å². The summed E-state index contributed by atoms with van der Waals surface area (Å²) in [6.07, 6.45) is 5.62. The summed E-state index contributed by atoms with van der Waals surface area (Å²) in [7, 11) is 0. The number of hydrogen-bond acceptors (Lipinski definition) is 3. The average Bonchev–Trinajstić information content (AvgIpc) is 3.25. The van der Waals surface area contributed by atoms with E-state index in [4.69, 9.17) is 15.2 Å². The largest absolute Gasteiger partial charge is 0.489 e. The second-order valence-corrected chi connectivity index (χ2v) is 7.38. The van der Waals surface area contributed by atoms with Crippen LogP contribution in [0, 0.1) is 5.41 Å². The van der Waals surface area contributed by atoms with Crippen LogP contribution in [0.1, 0.15) is 31.2 Å². The molecule has 0 amide bonds. The van der Waals surface area contributed by atoms with Gasteiger partial charge in [-0.2, -0.15) is 0 Å². The van der Waals surface area contributed by atoms with Crippen LogP contribution in [0.4, 0.5) is 0 Å². The minimum absolute atomic E-state index is 0.0248. The van der Waals surface area contributed by atoms with Gasteiger partial charge in [-0.1, -0.05) is 0 Å². The molecule has 102 valence electrons. The van der Waals surface area contributed by atoms with Crippen LogP contribution in [0.3, 0.4) is 0 Å². The fourth-order valence-corrected chi connectivity index (χ4v) is 3.28. The molecule has 19 heavy (non-hydrogen) atoms. The molecule has 3 aliphatic rings. The van der Waals surface area contributed by atoms with E-state index in [-0.39, 0.29) is 11.0 Å². The molecule has 2 N–H and O–H groups in total. The zero-order valence-electron chi connectivity index (χ0n) is 10.9. The Bertz CT molecular complexity index is 535. The van der Waals surface area contributed by atoms with Crippen LogP contribution in [0.25, 0.3) is 0 Å². The molecule has 4 heteroatoms. The van der Waals surface area contributed by atoms with Crippen molar-refractivity contribution in [2.24, 2.45) is 11.1 Å². The van der Waals surface area contributed by atoms with Crippen LogP contribution >= 0.6 is 15.9 Å². The van der Waals surface area contributed by atoms with E-state index in [0.717, 1.165) is 48.4 Å². The topological polar surface area (TPSA) is 44.5 Å². The second-order valence-electron chi connectivity index (χ2n) is 6.52. The SMILES string of the molecule is NC1(Cc2cc(Br)c3c(c2)OCC2(CC2)CO3)CC1. The summed E-state index contributed by atoms with van der Waals surface area (Å²) in [5.74, 6) is 1.73. The van der Waals surface area contributed by atoms with Crippen LogP contribution in [0.15, 0.2) is 16.6 Å². The lowest BCUT2D eigenvalue weighted by Crippen LogP contribution is -2.24. The minimum atomic E-state index is 0.0248. The van der Waals surface area contributed by atoms with Crippen molar-refractivity contribution >= 4 is 15.9 Å². The van der Waals surface area contributed by atoms with Gasteiger partial charge in [-0.25, -0.2) is 0 Å². The molecule has 3 nitrogen and oxygen atoms in total. The van der Waals surface area contributed by atoms with Gasteiger partial charge in [0.1, 0.15) is 0 Å². The summed E-state index contributed by atoms with van der Waals surface area (Å²) >= 11 is 3.61. The van der Waals surface area contributed by atoms with Crippen LogP contribution in [0.5, 0.6) is 11.5 Å². The van der Waals surface area contributed by atoms with E-state index in [1.165, 1.54) is 18.4 Å². The molecule has 0 bridgehead atoms. The number of nitrogens with two attached hydrogens (primary N) is 1. The summed E-state index contributed by atoms with van der Waals surface area (Å²) in [5.41, 5.74) is 7.75. The molecular weight excluding hydrogens is 306 g/mol. The Kier molecular flexibility index (Phi) is 2.46. The summed E-state index contributed by atoms with van der Waals surface area (Å²) < 4.78 is 12.9. The first-order valence-electron chi connectivity index (χ1n) is 6.95. The maximum atomic E-state index is 6.20. The summed E-state index contributed by atoms with van der Waals surface area (Å²) in [6.45, 7) is 1.56. The number of ether oxygens (including phenoxy) is 2. The van der Waals surface area contributed by atoms with Gasteiger partial charge in [0.2, 0.25) is 0 Å². The lowest BCUT2D eigenvalue weighted by atomic mass is 10.0. The molecule has 2 aliphatic carbocycles. The van der Waals surface area contributed by atoms with E-state index < -0.39 is 0 Å². The van der Waals surface area contributed by atoms with Crippen LogP contribution in [-0.4, -0.2) is 18.8 Å². The summed E-state index contributed by atoms with van der Waals surface area (Å²) in [6, 6.07) is 4.23. The smallest absolute Gasteiger partial charge is 0.175 e. The van der Waals surface area contributed by atoms with Gasteiger partial charge in [0.05, 0.1) is 17.7 Å². The van der Waals surface area contributed by atoms with Gasteiger partial charge in [0, 0.05) is 11.0 Å². The number of fused-ring (bicyclic) bond motifs is 1. The first-order valence-corrected chi connectivity index (χ1v) is 7.74. The zero-order valence-corrected chi connectivity index (χ0v) is 12.5. The third-order valence-corrected chi connectivity index (χ3v) is 5.12. The average molecular weight is 324 g/mol. The van der Waals surface area contributed by atoms with Crippen molar-refractivity contribution in [3.63, 3.8) is 0 Å². The monoisotopic (exact) mass is 323 g/mol. The molecule has 1 aromatic carbocycles.